The van der Waals surface area contributed by atoms with Crippen LogP contribution in [-0.2, 0) is 4.43 Å². The van der Waals surface area contributed by atoms with Crippen LogP contribution in [-0.4, -0.2) is 31.5 Å². The van der Waals surface area contributed by atoms with Gasteiger partial charge in [-0.15, -0.1) is 0 Å². The molecule has 3 aromatic rings. The summed E-state index contributed by atoms with van der Waals surface area (Å²) in [6, 6.07) is 10.7. The molecule has 5 nitrogen and oxygen atoms in total. The fourth-order valence-corrected chi connectivity index (χ4v) is 4.09. The molecule has 0 amide bonds. The fourth-order valence-electron chi connectivity index (χ4n) is 3.07. The van der Waals surface area contributed by atoms with Crippen LogP contribution in [0.4, 0.5) is 10.1 Å². The Bertz CT molecular complexity index is 1080. The Morgan fingerprint density at radius 2 is 1.69 bits per heavy atom. The van der Waals surface area contributed by atoms with Crippen molar-refractivity contribution in [1.82, 2.24) is 9.97 Å². The maximum Gasteiger partial charge on any atom is 0.214 e. The smallest absolute Gasteiger partial charge is 0.214 e. The predicted molar refractivity (Wildman–Crippen MR) is 131 cm³/mol. The number of aryl methyl sites for hydroxylation is 1. The van der Waals surface area contributed by atoms with E-state index in [0.29, 0.717) is 19.1 Å². The zero-order valence-electron chi connectivity index (χ0n) is 19.7. The van der Waals surface area contributed by atoms with Gasteiger partial charge in [-0.25, -0.2) is 9.37 Å². The zero-order valence-corrected chi connectivity index (χ0v) is 20.7. The van der Waals surface area contributed by atoms with E-state index in [1.54, 1.807) is 18.5 Å². The van der Waals surface area contributed by atoms with E-state index in [4.69, 9.17) is 14.9 Å². The van der Waals surface area contributed by atoms with Crippen molar-refractivity contribution in [2.45, 2.75) is 45.8 Å². The molecule has 2 heterocycles. The van der Waals surface area contributed by atoms with Crippen molar-refractivity contribution in [2.24, 2.45) is 0 Å². The molecular weight excluding hydrogens is 421 g/mol. The number of pyridine rings is 2. The molecule has 1 aromatic carbocycles. The summed E-state index contributed by atoms with van der Waals surface area (Å²) in [5.74, 6) is 0.0596. The first-order chi connectivity index (χ1) is 15.0. The molecule has 32 heavy (non-hydrogen) atoms. The largest absolute Gasteiger partial charge is 0.475 e. The Morgan fingerprint density at radius 3 is 2.34 bits per heavy atom. The van der Waals surface area contributed by atoms with E-state index in [9.17, 15) is 4.39 Å². The molecule has 0 aliphatic heterocycles. The molecule has 0 radical (unpaired) electrons. The first-order valence-electron chi connectivity index (χ1n) is 10.7. The molecule has 0 fully saturated rings. The molecular formula is C25H32FN3O2Si. The quantitative estimate of drug-likeness (QED) is 0.260. The highest BCUT2D eigenvalue weighted by molar-refractivity contribution is 6.74. The van der Waals surface area contributed by atoms with Crippen LogP contribution in [0.15, 0.2) is 48.8 Å². The molecule has 0 spiro atoms. The average molecular weight is 454 g/mol. The van der Waals surface area contributed by atoms with Gasteiger partial charge in [-0.3, -0.25) is 4.98 Å². The van der Waals surface area contributed by atoms with Crippen LogP contribution in [0.5, 0.6) is 5.88 Å². The normalized spacial score (nSPS) is 12.1. The lowest BCUT2D eigenvalue weighted by Gasteiger charge is -2.36. The van der Waals surface area contributed by atoms with E-state index < -0.39 is 14.1 Å². The van der Waals surface area contributed by atoms with E-state index >= 15 is 0 Å². The van der Waals surface area contributed by atoms with E-state index in [2.05, 4.69) is 43.8 Å². The lowest BCUT2D eigenvalue weighted by atomic mass is 9.98. The van der Waals surface area contributed by atoms with Crippen LogP contribution < -0.4 is 10.5 Å². The number of hydrogen-bond acceptors (Lipinski definition) is 5. The summed E-state index contributed by atoms with van der Waals surface area (Å²) in [6.45, 7) is 13.8. The molecule has 170 valence electrons. The summed E-state index contributed by atoms with van der Waals surface area (Å²) in [7, 11) is -1.85. The van der Waals surface area contributed by atoms with Gasteiger partial charge in [-0.2, -0.15) is 0 Å². The van der Waals surface area contributed by atoms with Crippen LogP contribution in [0.2, 0.25) is 18.1 Å². The summed E-state index contributed by atoms with van der Waals surface area (Å²) in [5.41, 5.74) is 10.1. The number of ether oxygens (including phenoxy) is 1. The lowest BCUT2D eigenvalue weighted by Crippen LogP contribution is -2.41. The predicted octanol–water partition coefficient (Wildman–Crippen LogP) is 6.24. The molecule has 2 N–H and O–H groups in total. The molecule has 0 aliphatic carbocycles. The second-order valence-electron chi connectivity index (χ2n) is 9.46. The summed E-state index contributed by atoms with van der Waals surface area (Å²) in [4.78, 5) is 8.76. The van der Waals surface area contributed by atoms with Gasteiger partial charge in [-0.05, 0) is 72.1 Å². The van der Waals surface area contributed by atoms with E-state index in [-0.39, 0.29) is 10.7 Å². The molecule has 0 saturated carbocycles. The van der Waals surface area contributed by atoms with Gasteiger partial charge in [0, 0.05) is 24.0 Å². The lowest BCUT2D eigenvalue weighted by molar-refractivity contribution is 0.199. The second kappa shape index (κ2) is 9.38. The Hall–Kier alpha value is -2.77. The number of nitrogen functional groups attached to an aromatic ring is 1. The number of nitrogens with two attached hydrogens (primary N) is 1. The molecule has 2 aromatic heterocycles. The van der Waals surface area contributed by atoms with Crippen LogP contribution >= 0.6 is 0 Å². The van der Waals surface area contributed by atoms with Crippen molar-refractivity contribution in [1.29, 1.82) is 0 Å². The van der Waals surface area contributed by atoms with Crippen molar-refractivity contribution in [3.63, 3.8) is 0 Å². The first-order valence-corrected chi connectivity index (χ1v) is 13.6. The Balaban J connectivity index is 1.89. The van der Waals surface area contributed by atoms with Gasteiger partial charge in [0.15, 0.2) is 8.32 Å². The maximum atomic E-state index is 13.9. The molecule has 0 bridgehead atoms. The van der Waals surface area contributed by atoms with Gasteiger partial charge in [-0.1, -0.05) is 20.8 Å². The monoisotopic (exact) mass is 453 g/mol. The van der Waals surface area contributed by atoms with Crippen LogP contribution in [0.25, 0.3) is 22.4 Å². The Labute approximate surface area is 191 Å². The maximum absolute atomic E-state index is 13.9. The highest BCUT2D eigenvalue weighted by atomic mass is 28.4. The molecule has 7 heteroatoms. The van der Waals surface area contributed by atoms with Gasteiger partial charge in [0.1, 0.15) is 12.4 Å². The van der Waals surface area contributed by atoms with Crippen LogP contribution in [0.1, 0.15) is 26.3 Å². The molecule has 0 atom stereocenters. The van der Waals surface area contributed by atoms with Crippen molar-refractivity contribution in [2.75, 3.05) is 18.9 Å². The fraction of sp³-hybridized carbons (Fsp3) is 0.360. The van der Waals surface area contributed by atoms with Gasteiger partial charge in [0.2, 0.25) is 5.88 Å². The van der Waals surface area contributed by atoms with Crippen molar-refractivity contribution in [3.8, 4) is 28.3 Å². The van der Waals surface area contributed by atoms with E-state index in [1.165, 1.54) is 6.07 Å². The van der Waals surface area contributed by atoms with Gasteiger partial charge < -0.3 is 14.9 Å². The molecule has 3 rings (SSSR count). The minimum atomic E-state index is -1.85. The van der Waals surface area contributed by atoms with Crippen molar-refractivity contribution in [3.05, 3.63) is 60.2 Å². The van der Waals surface area contributed by atoms with E-state index in [0.717, 1.165) is 27.9 Å². The van der Waals surface area contributed by atoms with Gasteiger partial charge in [0.05, 0.1) is 18.0 Å². The number of nitrogens with zero attached hydrogens (tertiary/aromatic N) is 2. The summed E-state index contributed by atoms with van der Waals surface area (Å²) in [6.07, 6.45) is 3.44. The molecule has 0 unspecified atom stereocenters. The average Bonchev–Trinajstić information content (AvgIpc) is 2.73. The van der Waals surface area contributed by atoms with Crippen molar-refractivity contribution >= 4 is 14.0 Å². The number of rotatable bonds is 7. The Kier molecular flexibility index (Phi) is 7.00. The highest BCUT2D eigenvalue weighted by Crippen LogP contribution is 2.36. The number of hydrogen-bond donors (Lipinski definition) is 1. The third-order valence-electron chi connectivity index (χ3n) is 6.03. The third kappa shape index (κ3) is 5.52. The van der Waals surface area contributed by atoms with Crippen LogP contribution in [0, 0.1) is 12.7 Å². The molecule has 0 saturated heterocycles. The number of halogens is 1. The summed E-state index contributed by atoms with van der Waals surface area (Å²) in [5, 5.41) is 0.139. The number of anilines is 1. The first kappa shape index (κ1) is 23.9. The van der Waals surface area contributed by atoms with Crippen molar-refractivity contribution < 1.29 is 13.6 Å². The summed E-state index contributed by atoms with van der Waals surface area (Å²) < 4.78 is 26.1. The highest BCUT2D eigenvalue weighted by Gasteiger charge is 2.36. The minimum absolute atomic E-state index is 0.109. The summed E-state index contributed by atoms with van der Waals surface area (Å²) >= 11 is 0. The van der Waals surface area contributed by atoms with Gasteiger partial charge in [0.25, 0.3) is 0 Å². The minimum Gasteiger partial charge on any atom is -0.475 e. The SMILES string of the molecule is Cc1cc(F)c(N)cc1-c1cc(OCCO[Si](C)(C)C(C)(C)C)nc(-c2ccncc2)c1. The topological polar surface area (TPSA) is 70.3 Å². The Morgan fingerprint density at radius 1 is 1.00 bits per heavy atom. The molecule has 0 aliphatic rings. The number of benzene rings is 1. The zero-order chi connectivity index (χ0) is 23.5. The van der Waals surface area contributed by atoms with Gasteiger partial charge >= 0.3 is 0 Å². The third-order valence-corrected chi connectivity index (χ3v) is 10.6. The standard InChI is InChI=1S/C25H32FN3O2Si/c1-17-13-21(26)22(27)16-20(17)19-14-23(18-7-9-28-10-8-18)29-24(15-19)30-11-12-31-32(5,6)25(2,3)4/h7-10,13-16H,11-12,27H2,1-6H3. The van der Waals surface area contributed by atoms with E-state index in [1.807, 2.05) is 31.2 Å². The number of aromatic nitrogens is 2. The second-order valence-corrected chi connectivity index (χ2v) is 14.3. The van der Waals surface area contributed by atoms with Crippen LogP contribution in [0.3, 0.4) is 0 Å².